The van der Waals surface area contributed by atoms with Crippen LogP contribution in [0.5, 0.6) is 0 Å². The van der Waals surface area contributed by atoms with Crippen molar-refractivity contribution in [3.05, 3.63) is 29.3 Å². The van der Waals surface area contributed by atoms with Crippen LogP contribution in [0.1, 0.15) is 43.7 Å². The van der Waals surface area contributed by atoms with Crippen molar-refractivity contribution in [3.8, 4) is 0 Å². The first-order valence-electron chi connectivity index (χ1n) is 9.86. The van der Waals surface area contributed by atoms with Gasteiger partial charge >= 0.3 is 6.03 Å². The molecule has 2 fully saturated rings. The highest BCUT2D eigenvalue weighted by Gasteiger charge is 2.26. The van der Waals surface area contributed by atoms with E-state index in [0.717, 1.165) is 43.5 Å². The van der Waals surface area contributed by atoms with Crippen molar-refractivity contribution in [2.75, 3.05) is 38.0 Å². The highest BCUT2D eigenvalue weighted by atomic mass is 16.2. The number of urea groups is 1. The molecule has 0 radical (unpaired) electrons. The second-order valence-electron chi connectivity index (χ2n) is 8.24. The largest absolute Gasteiger partial charge is 0.325 e. The van der Waals surface area contributed by atoms with E-state index in [-0.39, 0.29) is 6.03 Å². The van der Waals surface area contributed by atoms with Crippen LogP contribution in [-0.2, 0) is 0 Å². The monoisotopic (exact) mass is 343 g/mol. The van der Waals surface area contributed by atoms with Crippen LogP contribution >= 0.6 is 0 Å². The van der Waals surface area contributed by atoms with Gasteiger partial charge in [0.25, 0.3) is 0 Å². The minimum atomic E-state index is 0.0510. The third-order valence-corrected chi connectivity index (χ3v) is 5.63. The van der Waals surface area contributed by atoms with E-state index in [9.17, 15) is 4.79 Å². The number of nitrogens with one attached hydrogen (secondary N) is 1. The fourth-order valence-corrected chi connectivity index (χ4v) is 4.39. The number of rotatable bonds is 3. The van der Waals surface area contributed by atoms with E-state index < -0.39 is 0 Å². The smallest absolute Gasteiger partial charge is 0.321 e. The molecule has 2 aliphatic rings. The average Bonchev–Trinajstić information content (AvgIpc) is 2.54. The molecule has 2 heterocycles. The lowest BCUT2D eigenvalue weighted by Crippen LogP contribution is -2.44. The maximum atomic E-state index is 12.5. The van der Waals surface area contributed by atoms with Gasteiger partial charge in [-0.2, -0.15) is 0 Å². The summed E-state index contributed by atoms with van der Waals surface area (Å²) in [6.07, 6.45) is 4.99. The van der Waals surface area contributed by atoms with E-state index in [1.165, 1.54) is 43.6 Å². The number of piperidine rings is 2. The molecule has 2 saturated heterocycles. The van der Waals surface area contributed by atoms with Crippen LogP contribution in [0.4, 0.5) is 10.5 Å². The zero-order valence-corrected chi connectivity index (χ0v) is 16.1. The lowest BCUT2D eigenvalue weighted by Gasteiger charge is -2.37. The first-order valence-corrected chi connectivity index (χ1v) is 9.86. The van der Waals surface area contributed by atoms with Gasteiger partial charge in [0.15, 0.2) is 0 Å². The molecule has 1 unspecified atom stereocenters. The van der Waals surface area contributed by atoms with Crippen LogP contribution in [-0.4, -0.2) is 48.6 Å². The number of anilines is 1. The minimum Gasteiger partial charge on any atom is -0.325 e. The normalized spacial score (nSPS) is 22.8. The third kappa shape index (κ3) is 5.21. The molecule has 2 amide bonds. The fraction of sp³-hybridized carbons (Fsp3) is 0.667. The fourth-order valence-electron chi connectivity index (χ4n) is 4.39. The molecule has 0 bridgehead atoms. The molecule has 0 spiro atoms. The second kappa shape index (κ2) is 8.22. The van der Waals surface area contributed by atoms with Gasteiger partial charge in [-0.3, -0.25) is 0 Å². The predicted octanol–water partition coefficient (Wildman–Crippen LogP) is 4.28. The lowest BCUT2D eigenvalue weighted by molar-refractivity contribution is 0.125. The van der Waals surface area contributed by atoms with E-state index in [0.29, 0.717) is 0 Å². The number of hydrogen-bond acceptors (Lipinski definition) is 2. The molecule has 2 aliphatic heterocycles. The molecule has 1 aromatic rings. The van der Waals surface area contributed by atoms with Crippen molar-refractivity contribution in [2.24, 2.45) is 11.8 Å². The molecular weight excluding hydrogens is 310 g/mol. The van der Waals surface area contributed by atoms with Gasteiger partial charge in [-0.05, 0) is 81.2 Å². The molecule has 1 aromatic carbocycles. The van der Waals surface area contributed by atoms with Gasteiger partial charge in [0.2, 0.25) is 0 Å². The summed E-state index contributed by atoms with van der Waals surface area (Å²) in [4.78, 5) is 17.2. The Morgan fingerprint density at radius 3 is 2.40 bits per heavy atom. The van der Waals surface area contributed by atoms with Crippen LogP contribution in [0.15, 0.2) is 18.2 Å². The number of likely N-dealkylation sites (tertiary alicyclic amines) is 2. The molecule has 1 N–H and O–H groups in total. The Morgan fingerprint density at radius 2 is 1.76 bits per heavy atom. The summed E-state index contributed by atoms with van der Waals surface area (Å²) in [5.41, 5.74) is 3.28. The van der Waals surface area contributed by atoms with Crippen LogP contribution < -0.4 is 5.32 Å². The van der Waals surface area contributed by atoms with E-state index >= 15 is 0 Å². The minimum absolute atomic E-state index is 0.0510. The van der Waals surface area contributed by atoms with Crippen LogP contribution in [0.3, 0.4) is 0 Å². The summed E-state index contributed by atoms with van der Waals surface area (Å²) < 4.78 is 0. The SMILES string of the molecule is Cc1cc(C)cc(NC(=O)N2CCC(CN3CCCC(C)C3)CC2)c1. The standard InChI is InChI=1S/C21H33N3O/c1-16-5-4-8-23(14-16)15-19-6-9-24(10-7-19)21(25)22-20-12-17(2)11-18(3)13-20/h11-13,16,19H,4-10,14-15H2,1-3H3,(H,22,25). The van der Waals surface area contributed by atoms with Crippen LogP contribution in [0.2, 0.25) is 0 Å². The number of carbonyl (C=O) groups is 1. The van der Waals surface area contributed by atoms with Crippen molar-refractivity contribution in [3.63, 3.8) is 0 Å². The predicted molar refractivity (Wildman–Crippen MR) is 104 cm³/mol. The maximum absolute atomic E-state index is 12.5. The Balaban J connectivity index is 1.45. The summed E-state index contributed by atoms with van der Waals surface area (Å²) in [7, 11) is 0. The molecule has 4 nitrogen and oxygen atoms in total. The zero-order chi connectivity index (χ0) is 17.8. The molecule has 0 aliphatic carbocycles. The number of aryl methyl sites for hydroxylation is 2. The topological polar surface area (TPSA) is 35.6 Å². The molecule has 1 atom stereocenters. The van der Waals surface area contributed by atoms with Gasteiger partial charge in [0, 0.05) is 31.9 Å². The van der Waals surface area contributed by atoms with Crippen LogP contribution in [0, 0.1) is 25.7 Å². The summed E-state index contributed by atoms with van der Waals surface area (Å²) in [5.74, 6) is 1.59. The highest BCUT2D eigenvalue weighted by Crippen LogP contribution is 2.23. The van der Waals surface area contributed by atoms with E-state index in [4.69, 9.17) is 0 Å². The maximum Gasteiger partial charge on any atom is 0.321 e. The van der Waals surface area contributed by atoms with Crippen molar-refractivity contribution < 1.29 is 4.79 Å². The van der Waals surface area contributed by atoms with Gasteiger partial charge in [0.05, 0.1) is 0 Å². The molecule has 25 heavy (non-hydrogen) atoms. The number of nitrogens with zero attached hydrogens (tertiary/aromatic N) is 2. The van der Waals surface area contributed by atoms with E-state index in [1.807, 2.05) is 17.0 Å². The highest BCUT2D eigenvalue weighted by molar-refractivity contribution is 5.89. The zero-order valence-electron chi connectivity index (χ0n) is 16.1. The van der Waals surface area contributed by atoms with Gasteiger partial charge in [-0.15, -0.1) is 0 Å². The van der Waals surface area contributed by atoms with E-state index in [1.54, 1.807) is 0 Å². The second-order valence-corrected chi connectivity index (χ2v) is 8.24. The van der Waals surface area contributed by atoms with Gasteiger partial charge < -0.3 is 15.1 Å². The Kier molecular flexibility index (Phi) is 6.00. The molecule has 3 rings (SSSR count). The van der Waals surface area contributed by atoms with Crippen molar-refractivity contribution in [1.29, 1.82) is 0 Å². The summed E-state index contributed by atoms with van der Waals surface area (Å²) in [5, 5.41) is 3.07. The molecule has 0 saturated carbocycles. The Hall–Kier alpha value is -1.55. The average molecular weight is 344 g/mol. The number of benzene rings is 1. The summed E-state index contributed by atoms with van der Waals surface area (Å²) in [6, 6.07) is 6.25. The third-order valence-electron chi connectivity index (χ3n) is 5.63. The lowest BCUT2D eigenvalue weighted by atomic mass is 9.94. The number of amides is 2. The molecule has 138 valence electrons. The Labute approximate surface area is 152 Å². The first kappa shape index (κ1) is 18.2. The van der Waals surface area contributed by atoms with Gasteiger partial charge in [0.1, 0.15) is 0 Å². The van der Waals surface area contributed by atoms with Crippen LogP contribution in [0.25, 0.3) is 0 Å². The molecule has 0 aromatic heterocycles. The van der Waals surface area contributed by atoms with Gasteiger partial charge in [-0.25, -0.2) is 4.79 Å². The quantitative estimate of drug-likeness (QED) is 0.889. The van der Waals surface area contributed by atoms with Gasteiger partial charge in [-0.1, -0.05) is 13.0 Å². The van der Waals surface area contributed by atoms with Crippen molar-refractivity contribution >= 4 is 11.7 Å². The first-order chi connectivity index (χ1) is 12.0. The number of hydrogen-bond donors (Lipinski definition) is 1. The van der Waals surface area contributed by atoms with Crippen molar-refractivity contribution in [1.82, 2.24) is 9.80 Å². The Bertz CT molecular complexity index is 573. The number of carbonyl (C=O) groups excluding carboxylic acids is 1. The Morgan fingerprint density at radius 1 is 1.08 bits per heavy atom. The summed E-state index contributed by atoms with van der Waals surface area (Å²) >= 11 is 0. The van der Waals surface area contributed by atoms with Crippen molar-refractivity contribution in [2.45, 2.75) is 46.5 Å². The van der Waals surface area contributed by atoms with E-state index in [2.05, 4.69) is 37.1 Å². The molecular formula is C21H33N3O. The summed E-state index contributed by atoms with van der Waals surface area (Å²) in [6.45, 7) is 12.0. The molecule has 4 heteroatoms.